The molecule has 5 heteroatoms. The van der Waals surface area contributed by atoms with E-state index in [1.54, 1.807) is 0 Å². The van der Waals surface area contributed by atoms with E-state index in [1.165, 1.54) is 5.56 Å². The lowest BCUT2D eigenvalue weighted by Crippen LogP contribution is -2.45. The van der Waals surface area contributed by atoms with Gasteiger partial charge in [0.2, 0.25) is 6.79 Å². The van der Waals surface area contributed by atoms with Crippen LogP contribution >= 0.6 is 0 Å². The topological polar surface area (TPSA) is 51.0 Å². The zero-order chi connectivity index (χ0) is 14.5. The molecule has 112 valence electrons. The fraction of sp³-hybridized carbons (Fsp3) is 0.500. The first-order valence-corrected chi connectivity index (χ1v) is 7.34. The number of rotatable bonds is 3. The number of ether oxygens (including phenoxy) is 2. The largest absolute Gasteiger partial charge is 0.454 e. The van der Waals surface area contributed by atoms with Crippen LogP contribution in [-0.2, 0) is 6.54 Å². The fourth-order valence-corrected chi connectivity index (χ4v) is 2.64. The van der Waals surface area contributed by atoms with Gasteiger partial charge in [-0.05, 0) is 17.7 Å². The molecule has 21 heavy (non-hydrogen) atoms. The minimum Gasteiger partial charge on any atom is -0.454 e. The molecule has 0 aliphatic carbocycles. The number of fused-ring (bicyclic) bond motifs is 1. The van der Waals surface area contributed by atoms with Crippen molar-refractivity contribution in [1.29, 1.82) is 0 Å². The standard InChI is InChI=1S/C16H21N3O2/c17-5-1-2-6-18-7-9-19(10-8-18)12-14-3-4-15-16(11-14)21-13-20-15/h3-4,11H,5-10,12-13,17H2. The maximum Gasteiger partial charge on any atom is 0.231 e. The molecule has 2 heterocycles. The third-order valence-corrected chi connectivity index (χ3v) is 3.84. The van der Waals surface area contributed by atoms with E-state index in [0.29, 0.717) is 13.3 Å². The van der Waals surface area contributed by atoms with E-state index in [-0.39, 0.29) is 0 Å². The number of piperazine rings is 1. The minimum atomic E-state index is 0.335. The molecular weight excluding hydrogens is 266 g/mol. The Hall–Kier alpha value is -1.74. The summed E-state index contributed by atoms with van der Waals surface area (Å²) in [7, 11) is 0. The lowest BCUT2D eigenvalue weighted by molar-refractivity contribution is 0.138. The molecule has 0 unspecified atom stereocenters. The Morgan fingerprint density at radius 3 is 2.57 bits per heavy atom. The molecule has 2 aliphatic heterocycles. The molecule has 5 nitrogen and oxygen atoms in total. The van der Waals surface area contributed by atoms with Gasteiger partial charge in [-0.25, -0.2) is 0 Å². The monoisotopic (exact) mass is 287 g/mol. The summed E-state index contributed by atoms with van der Waals surface area (Å²) in [6, 6.07) is 6.20. The highest BCUT2D eigenvalue weighted by Gasteiger charge is 2.18. The zero-order valence-corrected chi connectivity index (χ0v) is 12.2. The second-order valence-corrected chi connectivity index (χ2v) is 5.30. The van der Waals surface area contributed by atoms with Crippen LogP contribution in [0.5, 0.6) is 11.5 Å². The molecule has 0 saturated carbocycles. The van der Waals surface area contributed by atoms with Crippen LogP contribution in [0.1, 0.15) is 5.56 Å². The van der Waals surface area contributed by atoms with Gasteiger partial charge in [-0.3, -0.25) is 9.80 Å². The van der Waals surface area contributed by atoms with Crippen molar-refractivity contribution in [1.82, 2.24) is 9.80 Å². The number of hydrogen-bond donors (Lipinski definition) is 1. The van der Waals surface area contributed by atoms with Crippen LogP contribution in [-0.4, -0.2) is 55.9 Å². The maximum atomic E-state index is 5.43. The van der Waals surface area contributed by atoms with Gasteiger partial charge in [0, 0.05) is 32.7 Å². The average Bonchev–Trinajstić information content (AvgIpc) is 2.97. The van der Waals surface area contributed by atoms with Crippen LogP contribution in [0, 0.1) is 11.8 Å². The second kappa shape index (κ2) is 6.81. The summed E-state index contributed by atoms with van der Waals surface area (Å²) in [5.74, 6) is 7.73. The third-order valence-electron chi connectivity index (χ3n) is 3.84. The molecule has 0 amide bonds. The first-order valence-electron chi connectivity index (χ1n) is 7.34. The van der Waals surface area contributed by atoms with Gasteiger partial charge in [-0.2, -0.15) is 0 Å². The van der Waals surface area contributed by atoms with Gasteiger partial charge < -0.3 is 15.2 Å². The number of hydrogen-bond acceptors (Lipinski definition) is 5. The minimum absolute atomic E-state index is 0.335. The molecule has 1 saturated heterocycles. The van der Waals surface area contributed by atoms with Gasteiger partial charge in [0.25, 0.3) is 0 Å². The maximum absolute atomic E-state index is 5.43. The summed E-state index contributed by atoms with van der Waals surface area (Å²) in [6.45, 7) is 6.82. The second-order valence-electron chi connectivity index (χ2n) is 5.30. The van der Waals surface area contributed by atoms with Crippen LogP contribution in [0.25, 0.3) is 0 Å². The third kappa shape index (κ3) is 3.67. The highest BCUT2D eigenvalue weighted by Crippen LogP contribution is 2.32. The van der Waals surface area contributed by atoms with Crippen LogP contribution in [0.3, 0.4) is 0 Å². The molecular formula is C16H21N3O2. The first kappa shape index (κ1) is 14.2. The van der Waals surface area contributed by atoms with E-state index >= 15 is 0 Å². The SMILES string of the molecule is NCC#CCN1CCN(Cc2ccc3c(c2)OCO3)CC1. The van der Waals surface area contributed by atoms with E-state index in [1.807, 2.05) is 6.07 Å². The summed E-state index contributed by atoms with van der Waals surface area (Å²) in [5.41, 5.74) is 6.65. The molecule has 0 atom stereocenters. The average molecular weight is 287 g/mol. The quantitative estimate of drug-likeness (QED) is 0.820. The summed E-state index contributed by atoms with van der Waals surface area (Å²) in [6.07, 6.45) is 0. The van der Waals surface area contributed by atoms with Crippen molar-refractivity contribution in [3.8, 4) is 23.3 Å². The van der Waals surface area contributed by atoms with Crippen molar-refractivity contribution in [2.45, 2.75) is 6.54 Å². The molecule has 3 rings (SSSR count). The van der Waals surface area contributed by atoms with Crippen LogP contribution in [0.15, 0.2) is 18.2 Å². The molecule has 1 fully saturated rings. The summed E-state index contributed by atoms with van der Waals surface area (Å²) in [4.78, 5) is 4.84. The smallest absolute Gasteiger partial charge is 0.231 e. The van der Waals surface area contributed by atoms with Crippen molar-refractivity contribution in [3.05, 3.63) is 23.8 Å². The molecule has 0 radical (unpaired) electrons. The Morgan fingerprint density at radius 2 is 1.76 bits per heavy atom. The summed E-state index contributed by atoms with van der Waals surface area (Å²) >= 11 is 0. The normalized spacial score (nSPS) is 18.3. The predicted octanol–water partition coefficient (Wildman–Crippen LogP) is 0.495. The van der Waals surface area contributed by atoms with Crippen LogP contribution in [0.2, 0.25) is 0 Å². The van der Waals surface area contributed by atoms with E-state index in [0.717, 1.165) is 50.8 Å². The number of nitrogens with zero attached hydrogens (tertiary/aromatic N) is 2. The Morgan fingerprint density at radius 1 is 1.00 bits per heavy atom. The van der Waals surface area contributed by atoms with E-state index in [4.69, 9.17) is 15.2 Å². The van der Waals surface area contributed by atoms with Crippen molar-refractivity contribution in [2.24, 2.45) is 5.73 Å². The Labute approximate surface area is 125 Å². The molecule has 0 bridgehead atoms. The van der Waals surface area contributed by atoms with Crippen molar-refractivity contribution >= 4 is 0 Å². The Kier molecular flexibility index (Phi) is 4.61. The highest BCUT2D eigenvalue weighted by atomic mass is 16.7. The highest BCUT2D eigenvalue weighted by molar-refractivity contribution is 5.44. The van der Waals surface area contributed by atoms with Gasteiger partial charge in [-0.1, -0.05) is 17.9 Å². The molecule has 1 aromatic carbocycles. The molecule has 0 aromatic heterocycles. The molecule has 2 aliphatic rings. The molecule has 1 aromatic rings. The summed E-state index contributed by atoms with van der Waals surface area (Å²) < 4.78 is 10.8. The number of benzene rings is 1. The van der Waals surface area contributed by atoms with Crippen molar-refractivity contribution in [3.63, 3.8) is 0 Å². The van der Waals surface area contributed by atoms with Gasteiger partial charge in [-0.15, -0.1) is 0 Å². The van der Waals surface area contributed by atoms with Gasteiger partial charge in [0.1, 0.15) is 0 Å². The summed E-state index contributed by atoms with van der Waals surface area (Å²) in [5, 5.41) is 0. The van der Waals surface area contributed by atoms with Crippen LogP contribution < -0.4 is 15.2 Å². The molecule has 2 N–H and O–H groups in total. The lowest BCUT2D eigenvalue weighted by atomic mass is 10.1. The Bertz CT molecular complexity index is 542. The van der Waals surface area contributed by atoms with Crippen molar-refractivity contribution < 1.29 is 9.47 Å². The van der Waals surface area contributed by atoms with E-state index in [2.05, 4.69) is 33.8 Å². The lowest BCUT2D eigenvalue weighted by Gasteiger charge is -2.33. The van der Waals surface area contributed by atoms with Gasteiger partial charge in [0.15, 0.2) is 11.5 Å². The van der Waals surface area contributed by atoms with Crippen LogP contribution in [0.4, 0.5) is 0 Å². The predicted molar refractivity (Wildman–Crippen MR) is 81.1 cm³/mol. The van der Waals surface area contributed by atoms with E-state index in [9.17, 15) is 0 Å². The van der Waals surface area contributed by atoms with Gasteiger partial charge in [0.05, 0.1) is 13.1 Å². The fourth-order valence-electron chi connectivity index (χ4n) is 2.64. The Balaban J connectivity index is 1.49. The number of nitrogens with two attached hydrogens (primary N) is 1. The van der Waals surface area contributed by atoms with E-state index < -0.39 is 0 Å². The molecule has 0 spiro atoms. The van der Waals surface area contributed by atoms with Crippen molar-refractivity contribution in [2.75, 3.05) is 46.1 Å². The first-order chi connectivity index (χ1) is 10.3. The zero-order valence-electron chi connectivity index (χ0n) is 12.2. The van der Waals surface area contributed by atoms with Gasteiger partial charge >= 0.3 is 0 Å².